The molecule has 0 spiro atoms. The Morgan fingerprint density at radius 2 is 1.66 bits per heavy atom. The highest BCUT2D eigenvalue weighted by Crippen LogP contribution is 2.43. The number of hydrogen-bond donors (Lipinski definition) is 1. The summed E-state index contributed by atoms with van der Waals surface area (Å²) in [4.78, 5) is 6.60. The third-order valence-electron chi connectivity index (χ3n) is 6.12. The number of aryl methyl sites for hydroxylation is 2. The Morgan fingerprint density at radius 3 is 2.34 bits per heavy atom. The Balaban J connectivity index is 1.68. The number of anilines is 1. The van der Waals surface area contributed by atoms with E-state index >= 15 is 0 Å². The highest BCUT2D eigenvalue weighted by molar-refractivity contribution is 7.80. The summed E-state index contributed by atoms with van der Waals surface area (Å²) in [5, 5.41) is 3.95. The van der Waals surface area contributed by atoms with Crippen LogP contribution in [0.5, 0.6) is 0 Å². The van der Waals surface area contributed by atoms with Crippen LogP contribution in [0.25, 0.3) is 5.69 Å². The number of aromatic nitrogens is 2. The SMILES string of the molecule is Cc1cc(C)cc(N2C(=S)N[C@H](c3ccccn3)[C@@H]2c2cccn2-c2cccc(C(F)(F)F)c2)c1. The third-order valence-corrected chi connectivity index (χ3v) is 6.43. The van der Waals surface area contributed by atoms with Gasteiger partial charge in [-0.1, -0.05) is 18.2 Å². The lowest BCUT2D eigenvalue weighted by Gasteiger charge is -2.29. The summed E-state index contributed by atoms with van der Waals surface area (Å²) in [5.41, 5.74) is 4.43. The standard InChI is InChI=1S/C27H23F3N4S/c1-17-13-18(2)15-21(14-17)34-25(24(32-26(34)35)22-9-3-4-11-31-22)23-10-6-12-33(23)20-8-5-7-19(16-20)27(28,29)30/h3-16,24-25H,1-2H3,(H,32,35)/t24-,25+/m1/s1. The van der Waals surface area contributed by atoms with Crippen LogP contribution < -0.4 is 10.2 Å². The van der Waals surface area contributed by atoms with Crippen molar-refractivity contribution in [2.24, 2.45) is 0 Å². The van der Waals surface area contributed by atoms with Crippen molar-refractivity contribution in [3.63, 3.8) is 0 Å². The van der Waals surface area contributed by atoms with Crippen LogP contribution in [0, 0.1) is 13.8 Å². The summed E-state index contributed by atoms with van der Waals surface area (Å²) >= 11 is 5.80. The van der Waals surface area contributed by atoms with E-state index in [4.69, 9.17) is 12.2 Å². The van der Waals surface area contributed by atoms with E-state index in [1.54, 1.807) is 23.0 Å². The van der Waals surface area contributed by atoms with E-state index in [2.05, 4.69) is 28.5 Å². The Morgan fingerprint density at radius 1 is 0.886 bits per heavy atom. The fourth-order valence-corrected chi connectivity index (χ4v) is 5.07. The van der Waals surface area contributed by atoms with Crippen molar-refractivity contribution in [1.82, 2.24) is 14.9 Å². The molecule has 1 N–H and O–H groups in total. The molecular formula is C27H23F3N4S. The number of rotatable bonds is 4. The summed E-state index contributed by atoms with van der Waals surface area (Å²) in [7, 11) is 0. The first kappa shape index (κ1) is 23.1. The van der Waals surface area contributed by atoms with E-state index in [0.29, 0.717) is 10.8 Å². The molecule has 1 fully saturated rings. The smallest absolute Gasteiger partial charge is 0.351 e. The van der Waals surface area contributed by atoms with Crippen LogP contribution >= 0.6 is 12.2 Å². The molecule has 2 atom stereocenters. The van der Waals surface area contributed by atoms with Crippen molar-refractivity contribution < 1.29 is 13.2 Å². The van der Waals surface area contributed by atoms with Crippen LogP contribution in [0.1, 0.15) is 40.2 Å². The van der Waals surface area contributed by atoms with Gasteiger partial charge in [0.1, 0.15) is 6.04 Å². The van der Waals surface area contributed by atoms with Gasteiger partial charge in [-0.3, -0.25) is 4.98 Å². The average molecular weight is 493 g/mol. The number of alkyl halides is 3. The van der Waals surface area contributed by atoms with Gasteiger partial charge in [-0.15, -0.1) is 0 Å². The molecule has 0 amide bonds. The number of thiocarbonyl (C=S) groups is 1. The van der Waals surface area contributed by atoms with Crippen molar-refractivity contribution in [3.8, 4) is 5.69 Å². The first-order valence-corrected chi connectivity index (χ1v) is 11.6. The summed E-state index contributed by atoms with van der Waals surface area (Å²) < 4.78 is 42.1. The predicted octanol–water partition coefficient (Wildman–Crippen LogP) is 6.69. The summed E-state index contributed by atoms with van der Waals surface area (Å²) in [6, 6.07) is 20.4. The van der Waals surface area contributed by atoms with E-state index in [1.165, 1.54) is 12.1 Å². The van der Waals surface area contributed by atoms with Crippen LogP contribution in [0.15, 0.2) is 85.2 Å². The first-order chi connectivity index (χ1) is 16.7. The Bertz CT molecular complexity index is 1360. The minimum absolute atomic E-state index is 0.302. The molecule has 0 radical (unpaired) electrons. The minimum atomic E-state index is -4.43. The number of nitrogens with zero attached hydrogens (tertiary/aromatic N) is 3. The molecule has 4 aromatic rings. The molecule has 8 heteroatoms. The third kappa shape index (κ3) is 4.41. The molecule has 0 unspecified atom stereocenters. The number of halogens is 3. The number of benzene rings is 2. The van der Waals surface area contributed by atoms with Crippen LogP contribution in [-0.2, 0) is 6.18 Å². The second-order valence-corrected chi connectivity index (χ2v) is 9.08. The summed E-state index contributed by atoms with van der Waals surface area (Å²) in [5.74, 6) is 0. The molecule has 2 aromatic carbocycles. The monoisotopic (exact) mass is 492 g/mol. The normalized spacial score (nSPS) is 18.1. The van der Waals surface area contributed by atoms with Gasteiger partial charge in [0.2, 0.25) is 0 Å². The summed E-state index contributed by atoms with van der Waals surface area (Å²) in [6.45, 7) is 4.05. The van der Waals surface area contributed by atoms with E-state index in [0.717, 1.165) is 34.3 Å². The van der Waals surface area contributed by atoms with Gasteiger partial charge in [-0.2, -0.15) is 13.2 Å². The van der Waals surface area contributed by atoms with Gasteiger partial charge in [0.05, 0.1) is 17.3 Å². The van der Waals surface area contributed by atoms with Crippen LogP contribution in [-0.4, -0.2) is 14.7 Å². The van der Waals surface area contributed by atoms with E-state index in [-0.39, 0.29) is 12.1 Å². The minimum Gasteiger partial charge on any atom is -0.351 e. The molecule has 0 aliphatic carbocycles. The highest BCUT2D eigenvalue weighted by atomic mass is 32.1. The Labute approximate surface area is 207 Å². The lowest BCUT2D eigenvalue weighted by atomic mass is 10.00. The van der Waals surface area contributed by atoms with E-state index < -0.39 is 11.7 Å². The average Bonchev–Trinajstić information content (AvgIpc) is 3.43. The highest BCUT2D eigenvalue weighted by Gasteiger charge is 2.42. The van der Waals surface area contributed by atoms with Crippen LogP contribution in [0.2, 0.25) is 0 Å². The maximum absolute atomic E-state index is 13.5. The molecular weight excluding hydrogens is 469 g/mol. The lowest BCUT2D eigenvalue weighted by Crippen LogP contribution is -2.30. The number of nitrogens with one attached hydrogen (secondary N) is 1. The molecule has 35 heavy (non-hydrogen) atoms. The molecule has 0 bridgehead atoms. The van der Waals surface area contributed by atoms with Gasteiger partial charge in [0.25, 0.3) is 0 Å². The van der Waals surface area contributed by atoms with Gasteiger partial charge in [-0.25, -0.2) is 0 Å². The molecule has 2 aromatic heterocycles. The molecule has 4 nitrogen and oxygen atoms in total. The first-order valence-electron chi connectivity index (χ1n) is 11.2. The molecule has 0 saturated carbocycles. The molecule has 178 valence electrons. The van der Waals surface area contributed by atoms with Gasteiger partial charge in [-0.05, 0) is 91.8 Å². The van der Waals surface area contributed by atoms with Crippen molar-refractivity contribution in [3.05, 3.63) is 113 Å². The fourth-order valence-electron chi connectivity index (χ4n) is 4.73. The van der Waals surface area contributed by atoms with Crippen molar-refractivity contribution >= 4 is 23.0 Å². The second-order valence-electron chi connectivity index (χ2n) is 8.69. The van der Waals surface area contributed by atoms with Crippen LogP contribution in [0.4, 0.5) is 18.9 Å². The van der Waals surface area contributed by atoms with Gasteiger partial charge >= 0.3 is 6.18 Å². The molecule has 1 aliphatic rings. The van der Waals surface area contributed by atoms with Crippen molar-refractivity contribution in [1.29, 1.82) is 0 Å². The van der Waals surface area contributed by atoms with Crippen LogP contribution in [0.3, 0.4) is 0 Å². The maximum Gasteiger partial charge on any atom is 0.416 e. The largest absolute Gasteiger partial charge is 0.416 e. The number of pyridine rings is 1. The van der Waals surface area contributed by atoms with Gasteiger partial charge < -0.3 is 14.8 Å². The number of hydrogen-bond acceptors (Lipinski definition) is 2. The quantitative estimate of drug-likeness (QED) is 0.322. The molecule has 5 rings (SSSR count). The lowest BCUT2D eigenvalue weighted by molar-refractivity contribution is -0.137. The van der Waals surface area contributed by atoms with E-state index in [9.17, 15) is 13.2 Å². The molecule has 3 heterocycles. The Hall–Kier alpha value is -3.65. The molecule has 1 aliphatic heterocycles. The van der Waals surface area contributed by atoms with Gasteiger partial charge in [0.15, 0.2) is 5.11 Å². The Kier molecular flexibility index (Phi) is 5.84. The topological polar surface area (TPSA) is 33.1 Å². The zero-order chi connectivity index (χ0) is 24.7. The van der Waals surface area contributed by atoms with Gasteiger partial charge in [0, 0.05) is 29.5 Å². The predicted molar refractivity (Wildman–Crippen MR) is 135 cm³/mol. The zero-order valence-corrected chi connectivity index (χ0v) is 19.9. The maximum atomic E-state index is 13.5. The van der Waals surface area contributed by atoms with Crippen molar-refractivity contribution in [2.75, 3.05) is 4.90 Å². The zero-order valence-electron chi connectivity index (χ0n) is 19.1. The van der Waals surface area contributed by atoms with Crippen molar-refractivity contribution in [2.45, 2.75) is 32.1 Å². The molecule has 1 saturated heterocycles. The fraction of sp³-hybridized carbons (Fsp3) is 0.185. The summed E-state index contributed by atoms with van der Waals surface area (Å²) in [6.07, 6.45) is -0.925. The van der Waals surface area contributed by atoms with E-state index in [1.807, 2.05) is 49.1 Å². The second kappa shape index (κ2) is 8.85.